The van der Waals surface area contributed by atoms with Crippen LogP contribution in [0.15, 0.2) is 23.1 Å². The van der Waals surface area contributed by atoms with E-state index in [2.05, 4.69) is 10.0 Å². The van der Waals surface area contributed by atoms with E-state index in [1.54, 1.807) is 0 Å². The van der Waals surface area contributed by atoms with Gasteiger partial charge in [-0.25, -0.2) is 13.1 Å². The molecule has 112 valence electrons. The fraction of sp³-hybridized carbons (Fsp3) is 0.455. The third-order valence-electron chi connectivity index (χ3n) is 2.40. The van der Waals surface area contributed by atoms with Gasteiger partial charge in [-0.15, -0.1) is 0 Å². The molecule has 0 bridgehead atoms. The van der Waals surface area contributed by atoms with Gasteiger partial charge in [-0.3, -0.25) is 10.1 Å². The summed E-state index contributed by atoms with van der Waals surface area (Å²) in [6, 6.07) is 2.68. The molecule has 0 amide bonds. The van der Waals surface area contributed by atoms with Crippen LogP contribution < -0.4 is 10.0 Å². The number of nitro benzene ring substituents is 1. The van der Waals surface area contributed by atoms with Crippen LogP contribution in [0.2, 0.25) is 0 Å². The number of sulfonamides is 1. The van der Waals surface area contributed by atoms with E-state index < -0.39 is 26.5 Å². The number of rotatable bonds is 7. The number of hydrogen-bond donors (Lipinski definition) is 2. The Bertz CT molecular complexity index is 589. The molecule has 2 N–H and O–H groups in total. The van der Waals surface area contributed by atoms with Crippen molar-refractivity contribution < 1.29 is 17.7 Å². The van der Waals surface area contributed by atoms with E-state index in [0.29, 0.717) is 12.6 Å². The second-order valence-corrected chi connectivity index (χ2v) is 6.14. The highest BCUT2D eigenvalue weighted by molar-refractivity contribution is 7.89. The second kappa shape index (κ2) is 6.73. The second-order valence-electron chi connectivity index (χ2n) is 4.38. The number of halogens is 1. The van der Waals surface area contributed by atoms with Gasteiger partial charge in [-0.1, -0.05) is 13.8 Å². The summed E-state index contributed by atoms with van der Waals surface area (Å²) in [5.74, 6) is -1.18. The molecule has 20 heavy (non-hydrogen) atoms. The van der Waals surface area contributed by atoms with Gasteiger partial charge in [0.05, 0.1) is 9.82 Å². The molecule has 0 unspecified atom stereocenters. The zero-order valence-electron chi connectivity index (χ0n) is 11.1. The molecule has 0 aliphatic rings. The first-order chi connectivity index (χ1) is 9.24. The normalized spacial score (nSPS) is 11.8. The zero-order chi connectivity index (χ0) is 15.3. The Kier molecular flexibility index (Phi) is 5.54. The fourth-order valence-electron chi connectivity index (χ4n) is 1.43. The van der Waals surface area contributed by atoms with E-state index in [1.807, 2.05) is 13.8 Å². The minimum absolute atomic E-state index is 0.138. The summed E-state index contributed by atoms with van der Waals surface area (Å²) in [5.41, 5.74) is -0.759. The number of nitrogens with one attached hydrogen (secondary N) is 2. The molecule has 1 aromatic carbocycles. The Morgan fingerprint density at radius 3 is 2.50 bits per heavy atom. The number of benzene rings is 1. The molecule has 0 atom stereocenters. The summed E-state index contributed by atoms with van der Waals surface area (Å²) in [7, 11) is -3.88. The smallest absolute Gasteiger partial charge is 0.304 e. The lowest BCUT2D eigenvalue weighted by molar-refractivity contribution is -0.387. The fourth-order valence-corrected chi connectivity index (χ4v) is 2.48. The van der Waals surface area contributed by atoms with Crippen molar-refractivity contribution in [2.45, 2.75) is 24.8 Å². The van der Waals surface area contributed by atoms with Crippen molar-refractivity contribution in [3.8, 4) is 0 Å². The van der Waals surface area contributed by atoms with Crippen molar-refractivity contribution in [2.24, 2.45) is 0 Å². The number of nitrogens with zero attached hydrogens (tertiary/aromatic N) is 1. The van der Waals surface area contributed by atoms with Crippen LogP contribution in [0.3, 0.4) is 0 Å². The summed E-state index contributed by atoms with van der Waals surface area (Å²) in [6.45, 7) is 4.39. The van der Waals surface area contributed by atoms with Crippen LogP contribution in [0.5, 0.6) is 0 Å². The van der Waals surface area contributed by atoms with E-state index in [1.165, 1.54) is 0 Å². The first-order valence-electron chi connectivity index (χ1n) is 5.91. The third kappa shape index (κ3) is 4.51. The molecule has 9 heteroatoms. The van der Waals surface area contributed by atoms with Crippen LogP contribution in [0, 0.1) is 15.9 Å². The van der Waals surface area contributed by atoms with Crippen LogP contribution in [0.25, 0.3) is 0 Å². The van der Waals surface area contributed by atoms with Gasteiger partial charge in [0.1, 0.15) is 0 Å². The molecule has 0 fully saturated rings. The van der Waals surface area contributed by atoms with Gasteiger partial charge in [0.25, 0.3) is 0 Å². The van der Waals surface area contributed by atoms with E-state index >= 15 is 0 Å². The van der Waals surface area contributed by atoms with Gasteiger partial charge in [-0.05, 0) is 6.07 Å². The highest BCUT2D eigenvalue weighted by atomic mass is 32.2. The van der Waals surface area contributed by atoms with Crippen LogP contribution in [0.4, 0.5) is 10.1 Å². The van der Waals surface area contributed by atoms with Crippen molar-refractivity contribution in [1.29, 1.82) is 0 Å². The topological polar surface area (TPSA) is 101 Å². The molecule has 7 nitrogen and oxygen atoms in total. The summed E-state index contributed by atoms with van der Waals surface area (Å²) in [6.07, 6.45) is 0. The average molecular weight is 305 g/mol. The van der Waals surface area contributed by atoms with Crippen LogP contribution in [-0.2, 0) is 10.0 Å². The summed E-state index contributed by atoms with van der Waals surface area (Å²) in [4.78, 5) is 9.20. The van der Waals surface area contributed by atoms with Crippen molar-refractivity contribution >= 4 is 15.7 Å². The Balaban J connectivity index is 2.78. The number of nitro groups is 1. The summed E-state index contributed by atoms with van der Waals surface area (Å²) >= 11 is 0. The number of hydrogen-bond acceptors (Lipinski definition) is 5. The molecule has 0 saturated carbocycles. The molecule has 1 rings (SSSR count). The Labute approximate surface area is 116 Å². The Hall–Kier alpha value is -1.58. The predicted molar refractivity (Wildman–Crippen MR) is 71.4 cm³/mol. The van der Waals surface area contributed by atoms with E-state index in [-0.39, 0.29) is 17.5 Å². The Morgan fingerprint density at radius 1 is 1.35 bits per heavy atom. The zero-order valence-corrected chi connectivity index (χ0v) is 11.9. The molecule has 0 saturated heterocycles. The maximum atomic E-state index is 13.4. The van der Waals surface area contributed by atoms with Gasteiger partial charge in [0.2, 0.25) is 15.8 Å². The first-order valence-corrected chi connectivity index (χ1v) is 7.39. The van der Waals surface area contributed by atoms with Gasteiger partial charge >= 0.3 is 5.69 Å². The van der Waals surface area contributed by atoms with E-state index in [4.69, 9.17) is 0 Å². The maximum absolute atomic E-state index is 13.4. The first kappa shape index (κ1) is 16.5. The quantitative estimate of drug-likeness (QED) is 0.445. The van der Waals surface area contributed by atoms with E-state index in [9.17, 15) is 22.9 Å². The third-order valence-corrected chi connectivity index (χ3v) is 3.85. The minimum atomic E-state index is -3.88. The molecule has 0 radical (unpaired) electrons. The average Bonchev–Trinajstić information content (AvgIpc) is 2.34. The van der Waals surface area contributed by atoms with Crippen LogP contribution in [-0.4, -0.2) is 32.5 Å². The minimum Gasteiger partial charge on any atom is -0.313 e. The van der Waals surface area contributed by atoms with Crippen molar-refractivity contribution in [2.75, 3.05) is 13.1 Å². The van der Waals surface area contributed by atoms with Gasteiger partial charge in [0, 0.05) is 31.3 Å². The van der Waals surface area contributed by atoms with Crippen molar-refractivity contribution in [3.05, 3.63) is 34.1 Å². The summed E-state index contributed by atoms with van der Waals surface area (Å²) < 4.78 is 39.3. The molecule has 0 aliphatic carbocycles. The molecular formula is C11H16FN3O4S. The van der Waals surface area contributed by atoms with Crippen molar-refractivity contribution in [3.63, 3.8) is 0 Å². The van der Waals surface area contributed by atoms with Gasteiger partial charge in [-0.2, -0.15) is 4.39 Å². The van der Waals surface area contributed by atoms with Crippen LogP contribution in [0.1, 0.15) is 13.8 Å². The highest BCUT2D eigenvalue weighted by Crippen LogP contribution is 2.20. The Morgan fingerprint density at radius 2 is 2.00 bits per heavy atom. The van der Waals surface area contributed by atoms with Gasteiger partial charge < -0.3 is 5.32 Å². The summed E-state index contributed by atoms with van der Waals surface area (Å²) in [5, 5.41) is 13.5. The molecular weight excluding hydrogens is 289 g/mol. The lowest BCUT2D eigenvalue weighted by Crippen LogP contribution is -2.34. The lowest BCUT2D eigenvalue weighted by atomic mass is 10.3. The highest BCUT2D eigenvalue weighted by Gasteiger charge is 2.20. The monoisotopic (exact) mass is 305 g/mol. The molecule has 0 aliphatic heterocycles. The van der Waals surface area contributed by atoms with E-state index in [0.717, 1.165) is 12.1 Å². The predicted octanol–water partition coefficient (Wildman–Crippen LogP) is 1.01. The maximum Gasteiger partial charge on any atom is 0.304 e. The molecule has 0 spiro atoms. The van der Waals surface area contributed by atoms with Crippen LogP contribution >= 0.6 is 0 Å². The molecule has 1 aromatic rings. The molecule has 0 aromatic heterocycles. The standard InChI is InChI=1S/C11H16FN3O4S/c1-8(2)13-5-6-14-20(18,19)9-3-4-11(15(16)17)10(12)7-9/h3-4,7-8,13-14H,5-6H2,1-2H3. The lowest BCUT2D eigenvalue weighted by Gasteiger charge is -2.09. The van der Waals surface area contributed by atoms with Crippen molar-refractivity contribution in [1.82, 2.24) is 10.0 Å². The largest absolute Gasteiger partial charge is 0.313 e. The van der Waals surface area contributed by atoms with Gasteiger partial charge in [0.15, 0.2) is 0 Å². The molecule has 0 heterocycles. The SMILES string of the molecule is CC(C)NCCNS(=O)(=O)c1ccc([N+](=O)[O-])c(F)c1.